The van der Waals surface area contributed by atoms with Gasteiger partial charge < -0.3 is 30.2 Å². The van der Waals surface area contributed by atoms with Gasteiger partial charge in [0, 0.05) is 50.8 Å². The van der Waals surface area contributed by atoms with Crippen LogP contribution in [0.15, 0.2) is 30.7 Å². The fraction of sp³-hybridized carbons (Fsp3) is 0.500. The van der Waals surface area contributed by atoms with Gasteiger partial charge in [0.25, 0.3) is 11.8 Å². The van der Waals surface area contributed by atoms with E-state index in [1.165, 1.54) is 0 Å². The quantitative estimate of drug-likeness (QED) is 0.605. The van der Waals surface area contributed by atoms with Crippen molar-refractivity contribution < 1.29 is 14.2 Å². The second-order valence-electron chi connectivity index (χ2n) is 6.07. The molecule has 0 saturated carbocycles. The molecule has 3 rings (SSSR count). The van der Waals surface area contributed by atoms with Gasteiger partial charge in [0.05, 0.1) is 0 Å². The monoisotopic (exact) mass is 374 g/mol. The van der Waals surface area contributed by atoms with E-state index in [0.29, 0.717) is 49.9 Å². The van der Waals surface area contributed by atoms with Crippen LogP contribution in [-0.2, 0) is 0 Å². The summed E-state index contributed by atoms with van der Waals surface area (Å²) in [6.45, 7) is 6.30. The number of aromatic nitrogens is 3. The van der Waals surface area contributed by atoms with Crippen LogP contribution in [0.4, 0.5) is 5.82 Å². The molecule has 9 nitrogen and oxygen atoms in total. The van der Waals surface area contributed by atoms with Crippen LogP contribution in [-0.4, -0.2) is 67.0 Å². The number of nitrogens with zero attached hydrogens (tertiary/aromatic N) is 4. The van der Waals surface area contributed by atoms with E-state index in [1.807, 2.05) is 0 Å². The van der Waals surface area contributed by atoms with Crippen molar-refractivity contribution in [1.82, 2.24) is 20.3 Å². The van der Waals surface area contributed by atoms with Crippen molar-refractivity contribution in [3.8, 4) is 17.5 Å². The first kappa shape index (κ1) is 19.1. The van der Waals surface area contributed by atoms with Crippen LogP contribution >= 0.6 is 0 Å². The molecule has 0 unspecified atom stereocenters. The third-order valence-electron chi connectivity index (χ3n) is 4.09. The molecule has 1 aliphatic heterocycles. The Morgan fingerprint density at radius 1 is 1.07 bits per heavy atom. The van der Waals surface area contributed by atoms with Crippen molar-refractivity contribution in [1.29, 1.82) is 0 Å². The largest absolute Gasteiger partial charge is 0.484 e. The maximum Gasteiger partial charge on any atom is 0.257 e. The predicted octanol–water partition coefficient (Wildman–Crippen LogP) is 0.465. The predicted molar refractivity (Wildman–Crippen MR) is 101 cm³/mol. The molecule has 1 aliphatic rings. The molecular formula is C18H26N6O3. The highest BCUT2D eigenvalue weighted by atomic mass is 16.5. The first-order chi connectivity index (χ1) is 13.3. The van der Waals surface area contributed by atoms with Gasteiger partial charge in [-0.05, 0) is 19.1 Å². The van der Waals surface area contributed by atoms with Gasteiger partial charge in [0.1, 0.15) is 19.8 Å². The Bertz CT molecular complexity index is 717. The molecule has 2 aromatic rings. The zero-order chi connectivity index (χ0) is 18.9. The summed E-state index contributed by atoms with van der Waals surface area (Å²) in [6.07, 6.45) is 4.96. The minimum Gasteiger partial charge on any atom is -0.484 e. The molecule has 1 atom stereocenters. The zero-order valence-electron chi connectivity index (χ0n) is 15.5. The van der Waals surface area contributed by atoms with Gasteiger partial charge in [-0.1, -0.05) is 0 Å². The van der Waals surface area contributed by atoms with E-state index < -0.39 is 0 Å². The van der Waals surface area contributed by atoms with E-state index in [2.05, 4.69) is 32.1 Å². The SMILES string of the molecule is C[C@@H]1CNCCN1c1nccnc1OCCOc1cccnc1OCCN. The normalized spacial score (nSPS) is 16.8. The highest BCUT2D eigenvalue weighted by molar-refractivity contribution is 5.49. The second-order valence-corrected chi connectivity index (χ2v) is 6.07. The Kier molecular flexibility index (Phi) is 7.00. The fourth-order valence-electron chi connectivity index (χ4n) is 2.81. The van der Waals surface area contributed by atoms with E-state index in [1.54, 1.807) is 30.7 Å². The molecule has 0 aromatic carbocycles. The Balaban J connectivity index is 1.56. The van der Waals surface area contributed by atoms with Crippen LogP contribution < -0.4 is 30.2 Å². The highest BCUT2D eigenvalue weighted by Gasteiger charge is 2.23. The first-order valence-electron chi connectivity index (χ1n) is 9.11. The Hall–Kier alpha value is -2.65. The Morgan fingerprint density at radius 3 is 2.70 bits per heavy atom. The number of nitrogens with two attached hydrogens (primary N) is 1. The molecule has 9 heteroatoms. The number of rotatable bonds is 9. The molecule has 2 aromatic heterocycles. The molecule has 0 bridgehead atoms. The average molecular weight is 374 g/mol. The van der Waals surface area contributed by atoms with E-state index in [0.717, 1.165) is 25.5 Å². The number of ether oxygens (including phenoxy) is 3. The summed E-state index contributed by atoms with van der Waals surface area (Å²) in [5.41, 5.74) is 5.46. The minimum atomic E-state index is 0.326. The molecule has 146 valence electrons. The van der Waals surface area contributed by atoms with E-state index in [-0.39, 0.29) is 0 Å². The van der Waals surface area contributed by atoms with Crippen molar-refractivity contribution >= 4 is 5.82 Å². The topological polar surface area (TPSA) is 108 Å². The summed E-state index contributed by atoms with van der Waals surface area (Å²) in [4.78, 5) is 15.2. The molecule has 3 N–H and O–H groups in total. The first-order valence-corrected chi connectivity index (χ1v) is 9.11. The molecule has 1 fully saturated rings. The number of hydrogen-bond donors (Lipinski definition) is 2. The van der Waals surface area contributed by atoms with Crippen LogP contribution in [0.1, 0.15) is 6.92 Å². The lowest BCUT2D eigenvalue weighted by atomic mass is 10.2. The van der Waals surface area contributed by atoms with Gasteiger partial charge in [-0.25, -0.2) is 15.0 Å². The standard InChI is InChI=1S/C18H26N6O3/c1-14-13-20-8-9-24(14)16-18(23-7-6-21-16)27-12-11-25-15-3-2-5-22-17(15)26-10-4-19/h2-3,5-7,14,20H,4,8-13,19H2,1H3/t14-/m1/s1. The van der Waals surface area contributed by atoms with E-state index in [4.69, 9.17) is 19.9 Å². The fourth-order valence-corrected chi connectivity index (χ4v) is 2.81. The maximum atomic E-state index is 5.84. The number of anilines is 1. The van der Waals surface area contributed by atoms with Crippen molar-refractivity contribution in [3.63, 3.8) is 0 Å². The zero-order valence-corrected chi connectivity index (χ0v) is 15.5. The number of pyridine rings is 1. The van der Waals surface area contributed by atoms with Gasteiger partial charge in [-0.2, -0.15) is 0 Å². The van der Waals surface area contributed by atoms with Crippen LogP contribution in [0, 0.1) is 0 Å². The molecule has 3 heterocycles. The Morgan fingerprint density at radius 2 is 1.85 bits per heavy atom. The van der Waals surface area contributed by atoms with Crippen LogP contribution in [0.3, 0.4) is 0 Å². The molecule has 0 spiro atoms. The molecule has 0 radical (unpaired) electrons. The van der Waals surface area contributed by atoms with E-state index >= 15 is 0 Å². The van der Waals surface area contributed by atoms with Gasteiger partial charge >= 0.3 is 0 Å². The van der Waals surface area contributed by atoms with Crippen LogP contribution in [0.2, 0.25) is 0 Å². The van der Waals surface area contributed by atoms with Crippen molar-refractivity contribution in [2.45, 2.75) is 13.0 Å². The lowest BCUT2D eigenvalue weighted by Crippen LogP contribution is -2.50. The van der Waals surface area contributed by atoms with Crippen molar-refractivity contribution in [3.05, 3.63) is 30.7 Å². The summed E-state index contributed by atoms with van der Waals surface area (Å²) in [5.74, 6) is 2.27. The third kappa shape index (κ3) is 5.18. The minimum absolute atomic E-state index is 0.326. The lowest BCUT2D eigenvalue weighted by Gasteiger charge is -2.35. The van der Waals surface area contributed by atoms with Gasteiger partial charge in [0.15, 0.2) is 11.6 Å². The smallest absolute Gasteiger partial charge is 0.257 e. The highest BCUT2D eigenvalue weighted by Crippen LogP contribution is 2.26. The summed E-state index contributed by atoms with van der Waals surface area (Å²) < 4.78 is 17.1. The van der Waals surface area contributed by atoms with Gasteiger partial charge in [0.2, 0.25) is 0 Å². The second kappa shape index (κ2) is 9.89. The molecule has 0 amide bonds. The number of piperazine rings is 1. The molecule has 27 heavy (non-hydrogen) atoms. The summed E-state index contributed by atoms with van der Waals surface area (Å²) in [6, 6.07) is 3.92. The van der Waals surface area contributed by atoms with E-state index in [9.17, 15) is 0 Å². The summed E-state index contributed by atoms with van der Waals surface area (Å²) in [7, 11) is 0. The summed E-state index contributed by atoms with van der Waals surface area (Å²) in [5, 5.41) is 3.37. The lowest BCUT2D eigenvalue weighted by molar-refractivity contribution is 0.201. The third-order valence-corrected chi connectivity index (χ3v) is 4.09. The molecule has 1 saturated heterocycles. The summed E-state index contributed by atoms with van der Waals surface area (Å²) >= 11 is 0. The molecular weight excluding hydrogens is 348 g/mol. The number of nitrogens with one attached hydrogen (secondary N) is 1. The van der Waals surface area contributed by atoms with Crippen LogP contribution in [0.25, 0.3) is 0 Å². The average Bonchev–Trinajstić information content (AvgIpc) is 2.71. The van der Waals surface area contributed by atoms with Crippen molar-refractivity contribution in [2.75, 3.05) is 50.9 Å². The van der Waals surface area contributed by atoms with Crippen molar-refractivity contribution in [2.24, 2.45) is 5.73 Å². The number of hydrogen-bond acceptors (Lipinski definition) is 9. The molecule has 0 aliphatic carbocycles. The van der Waals surface area contributed by atoms with Gasteiger partial charge in [-0.3, -0.25) is 0 Å². The Labute approximate surface area is 158 Å². The van der Waals surface area contributed by atoms with Crippen LogP contribution in [0.5, 0.6) is 17.5 Å². The maximum absolute atomic E-state index is 5.84. The van der Waals surface area contributed by atoms with Gasteiger partial charge in [-0.15, -0.1) is 0 Å².